The van der Waals surface area contributed by atoms with Gasteiger partial charge in [0, 0.05) is 6.20 Å². The Bertz CT molecular complexity index is 273. The maximum absolute atomic E-state index is 10.3. The van der Waals surface area contributed by atoms with Crippen LogP contribution in [0.3, 0.4) is 0 Å². The lowest BCUT2D eigenvalue weighted by molar-refractivity contribution is 0.259. The molecule has 0 aromatic carbocycles. The van der Waals surface area contributed by atoms with Crippen LogP contribution >= 0.6 is 0 Å². The van der Waals surface area contributed by atoms with Crippen molar-refractivity contribution in [3.05, 3.63) is 12.3 Å². The molecule has 6 heteroatoms. The number of hydrogen-bond donors (Lipinski definition) is 3. The zero-order chi connectivity index (χ0) is 8.27. The van der Waals surface area contributed by atoms with Gasteiger partial charge in [-0.25, -0.2) is 9.78 Å². The summed E-state index contributed by atoms with van der Waals surface area (Å²) >= 11 is 0. The summed E-state index contributed by atoms with van der Waals surface area (Å²) in [6, 6.07) is 0.794. The van der Waals surface area contributed by atoms with Gasteiger partial charge in [-0.1, -0.05) is 0 Å². The van der Waals surface area contributed by atoms with Crippen molar-refractivity contribution in [2.75, 3.05) is 11.1 Å². The van der Waals surface area contributed by atoms with Gasteiger partial charge in [-0.3, -0.25) is 5.32 Å². The van der Waals surface area contributed by atoms with E-state index in [0.29, 0.717) is 0 Å². The molecule has 6 nitrogen and oxygen atoms in total. The number of amides is 2. The topological polar surface area (TPSA) is 107 Å². The summed E-state index contributed by atoms with van der Waals surface area (Å²) in [5.41, 5.74) is 10.1. The van der Waals surface area contributed by atoms with Crippen LogP contribution in [-0.2, 0) is 0 Å². The van der Waals surface area contributed by atoms with Gasteiger partial charge >= 0.3 is 6.03 Å². The number of nitrogens with zero attached hydrogens (tertiary/aromatic N) is 2. The fourth-order valence-corrected chi connectivity index (χ4v) is 0.543. The van der Waals surface area contributed by atoms with Gasteiger partial charge in [0.25, 0.3) is 0 Å². The SMILES string of the molecule is NC(=O)Nc1nccc(N)n1. The van der Waals surface area contributed by atoms with Crippen LogP contribution < -0.4 is 16.8 Å². The first kappa shape index (κ1) is 7.26. The Morgan fingerprint density at radius 2 is 2.36 bits per heavy atom. The molecule has 0 saturated carbocycles. The molecule has 2 amide bonds. The average molecular weight is 153 g/mol. The summed E-state index contributed by atoms with van der Waals surface area (Å²) in [4.78, 5) is 17.6. The van der Waals surface area contributed by atoms with Crippen molar-refractivity contribution in [1.29, 1.82) is 0 Å². The fourth-order valence-electron chi connectivity index (χ4n) is 0.543. The van der Waals surface area contributed by atoms with E-state index in [1.54, 1.807) is 0 Å². The van der Waals surface area contributed by atoms with E-state index in [2.05, 4.69) is 15.3 Å². The molecule has 0 bridgehead atoms. The molecule has 1 heterocycles. The highest BCUT2D eigenvalue weighted by Crippen LogP contribution is 1.99. The maximum atomic E-state index is 10.3. The number of carbonyl (C=O) groups is 1. The van der Waals surface area contributed by atoms with E-state index in [-0.39, 0.29) is 11.8 Å². The normalized spacial score (nSPS) is 9.09. The van der Waals surface area contributed by atoms with Crippen molar-refractivity contribution < 1.29 is 4.79 Å². The Morgan fingerprint density at radius 1 is 1.64 bits per heavy atom. The molecule has 1 aromatic heterocycles. The second kappa shape index (κ2) is 2.82. The smallest absolute Gasteiger partial charge is 0.319 e. The minimum atomic E-state index is -0.712. The highest BCUT2D eigenvalue weighted by Gasteiger charge is 1.97. The molecular formula is C5H7N5O. The van der Waals surface area contributed by atoms with Crippen molar-refractivity contribution in [2.24, 2.45) is 5.73 Å². The van der Waals surface area contributed by atoms with Crippen LogP contribution in [-0.4, -0.2) is 16.0 Å². The molecule has 0 fully saturated rings. The Hall–Kier alpha value is -1.85. The molecular weight excluding hydrogens is 146 g/mol. The molecule has 0 saturated heterocycles. The van der Waals surface area contributed by atoms with E-state index < -0.39 is 6.03 Å². The molecule has 11 heavy (non-hydrogen) atoms. The molecule has 0 aliphatic rings. The van der Waals surface area contributed by atoms with E-state index in [9.17, 15) is 4.79 Å². The van der Waals surface area contributed by atoms with Gasteiger partial charge in [-0.05, 0) is 6.07 Å². The largest absolute Gasteiger partial charge is 0.384 e. The van der Waals surface area contributed by atoms with E-state index in [1.165, 1.54) is 12.3 Å². The Morgan fingerprint density at radius 3 is 2.91 bits per heavy atom. The molecule has 0 atom stereocenters. The van der Waals surface area contributed by atoms with Crippen LogP contribution in [0.4, 0.5) is 16.6 Å². The number of urea groups is 1. The van der Waals surface area contributed by atoms with Crippen molar-refractivity contribution in [3.63, 3.8) is 0 Å². The van der Waals surface area contributed by atoms with Gasteiger partial charge in [0.05, 0.1) is 0 Å². The van der Waals surface area contributed by atoms with E-state index in [0.717, 1.165) is 0 Å². The third-order valence-corrected chi connectivity index (χ3v) is 0.912. The number of carbonyl (C=O) groups excluding carboxylic acids is 1. The lowest BCUT2D eigenvalue weighted by atomic mass is 10.6. The summed E-state index contributed by atoms with van der Waals surface area (Å²) in [5, 5.41) is 2.18. The first-order chi connectivity index (χ1) is 5.18. The van der Waals surface area contributed by atoms with Crippen molar-refractivity contribution >= 4 is 17.8 Å². The zero-order valence-corrected chi connectivity index (χ0v) is 5.61. The second-order valence-electron chi connectivity index (χ2n) is 1.79. The van der Waals surface area contributed by atoms with Crippen molar-refractivity contribution in [1.82, 2.24) is 9.97 Å². The zero-order valence-electron chi connectivity index (χ0n) is 5.61. The summed E-state index contributed by atoms with van der Waals surface area (Å²) < 4.78 is 0. The van der Waals surface area contributed by atoms with Crippen LogP contribution in [0.1, 0.15) is 0 Å². The third kappa shape index (κ3) is 2.09. The fraction of sp³-hybridized carbons (Fsp3) is 0. The van der Waals surface area contributed by atoms with Gasteiger partial charge in [0.15, 0.2) is 0 Å². The van der Waals surface area contributed by atoms with Crippen LogP contribution in [0.25, 0.3) is 0 Å². The van der Waals surface area contributed by atoms with Gasteiger partial charge in [-0.2, -0.15) is 4.98 Å². The molecule has 1 rings (SSSR count). The van der Waals surface area contributed by atoms with Crippen LogP contribution in [0.5, 0.6) is 0 Å². The first-order valence-corrected chi connectivity index (χ1v) is 2.83. The van der Waals surface area contributed by atoms with Crippen LogP contribution in [0.15, 0.2) is 12.3 Å². The van der Waals surface area contributed by atoms with Crippen molar-refractivity contribution in [2.45, 2.75) is 0 Å². The Labute approximate surface area is 62.6 Å². The molecule has 5 N–H and O–H groups in total. The molecule has 1 aromatic rings. The Kier molecular flexibility index (Phi) is 1.86. The summed E-state index contributed by atoms with van der Waals surface area (Å²) in [7, 11) is 0. The number of anilines is 2. The number of nitrogens with one attached hydrogen (secondary N) is 1. The van der Waals surface area contributed by atoms with E-state index in [1.807, 2.05) is 0 Å². The van der Waals surface area contributed by atoms with Gasteiger partial charge < -0.3 is 11.5 Å². The van der Waals surface area contributed by atoms with E-state index >= 15 is 0 Å². The molecule has 0 unspecified atom stereocenters. The third-order valence-electron chi connectivity index (χ3n) is 0.912. The summed E-state index contributed by atoms with van der Waals surface area (Å²) in [5.74, 6) is 0.390. The van der Waals surface area contributed by atoms with Crippen LogP contribution in [0, 0.1) is 0 Å². The maximum Gasteiger partial charge on any atom is 0.319 e. The Balaban J connectivity index is 2.79. The monoisotopic (exact) mass is 153 g/mol. The number of hydrogen-bond acceptors (Lipinski definition) is 4. The van der Waals surface area contributed by atoms with E-state index in [4.69, 9.17) is 11.5 Å². The number of nitrogens with two attached hydrogens (primary N) is 2. The standard InChI is InChI=1S/C5H7N5O/c6-3-1-2-8-5(9-3)10-4(7)11/h1-2H,(H5,6,7,8,9,10,11). The minimum absolute atomic E-state index is 0.109. The lowest BCUT2D eigenvalue weighted by Crippen LogP contribution is -2.20. The number of primary amides is 1. The summed E-state index contributed by atoms with van der Waals surface area (Å²) in [6.07, 6.45) is 1.42. The van der Waals surface area contributed by atoms with Crippen LogP contribution in [0.2, 0.25) is 0 Å². The molecule has 0 spiro atoms. The molecule has 0 radical (unpaired) electrons. The quantitative estimate of drug-likeness (QED) is 0.507. The number of aromatic nitrogens is 2. The molecule has 58 valence electrons. The minimum Gasteiger partial charge on any atom is -0.384 e. The number of nitrogen functional groups attached to an aromatic ring is 1. The summed E-state index contributed by atoms with van der Waals surface area (Å²) in [6.45, 7) is 0. The number of rotatable bonds is 1. The highest BCUT2D eigenvalue weighted by molar-refractivity contribution is 5.85. The van der Waals surface area contributed by atoms with Gasteiger partial charge in [-0.15, -0.1) is 0 Å². The lowest BCUT2D eigenvalue weighted by Gasteiger charge is -1.98. The first-order valence-electron chi connectivity index (χ1n) is 2.83. The average Bonchev–Trinajstić information content (AvgIpc) is 1.85. The predicted octanol–water partition coefficient (Wildman–Crippen LogP) is -0.451. The molecule has 0 aliphatic heterocycles. The second-order valence-corrected chi connectivity index (χ2v) is 1.79. The van der Waals surface area contributed by atoms with Crippen molar-refractivity contribution in [3.8, 4) is 0 Å². The predicted molar refractivity (Wildman–Crippen MR) is 39.7 cm³/mol. The molecule has 0 aliphatic carbocycles. The highest BCUT2D eigenvalue weighted by atomic mass is 16.2. The van der Waals surface area contributed by atoms with Gasteiger partial charge in [0.1, 0.15) is 5.82 Å². The van der Waals surface area contributed by atoms with Gasteiger partial charge in [0.2, 0.25) is 5.95 Å².